The zero-order valence-corrected chi connectivity index (χ0v) is 9.13. The van der Waals surface area contributed by atoms with Gasteiger partial charge in [-0.1, -0.05) is 20.8 Å². The van der Waals surface area contributed by atoms with Gasteiger partial charge in [0.2, 0.25) is 5.91 Å². The fraction of sp³-hybridized carbons (Fsp3) is 0.800. The van der Waals surface area contributed by atoms with Crippen LogP contribution < -0.4 is 5.73 Å². The number of carbonyl (C=O) groups excluding carboxylic acids is 2. The third kappa shape index (κ3) is 9.03. The van der Waals surface area contributed by atoms with Crippen LogP contribution in [0.5, 0.6) is 0 Å². The summed E-state index contributed by atoms with van der Waals surface area (Å²) >= 11 is 0. The summed E-state index contributed by atoms with van der Waals surface area (Å²) in [6.07, 6.45) is 0.974. The van der Waals surface area contributed by atoms with Crippen molar-refractivity contribution in [2.24, 2.45) is 11.1 Å². The minimum atomic E-state index is -0.381. The van der Waals surface area contributed by atoms with Crippen LogP contribution in [0.1, 0.15) is 40.0 Å². The van der Waals surface area contributed by atoms with Crippen LogP contribution in [0.3, 0.4) is 0 Å². The smallest absolute Gasteiger partial charge is 0.305 e. The highest BCUT2D eigenvalue weighted by Crippen LogP contribution is 2.13. The summed E-state index contributed by atoms with van der Waals surface area (Å²) in [6.45, 7) is 6.37. The van der Waals surface area contributed by atoms with Crippen LogP contribution in [0.15, 0.2) is 0 Å². The Labute approximate surface area is 84.8 Å². The predicted octanol–water partition coefficient (Wildman–Crippen LogP) is 1.23. The van der Waals surface area contributed by atoms with Crippen molar-refractivity contribution >= 4 is 11.9 Å². The average molecular weight is 201 g/mol. The molecular formula is C10H19NO3. The zero-order chi connectivity index (χ0) is 11.2. The van der Waals surface area contributed by atoms with Gasteiger partial charge in [-0.25, -0.2) is 0 Å². The molecule has 0 aliphatic carbocycles. The van der Waals surface area contributed by atoms with Crippen molar-refractivity contribution in [3.8, 4) is 0 Å². The maximum Gasteiger partial charge on any atom is 0.305 e. The molecule has 4 nitrogen and oxygen atoms in total. The van der Waals surface area contributed by atoms with Crippen molar-refractivity contribution in [2.45, 2.75) is 40.0 Å². The molecule has 0 heterocycles. The normalized spacial score (nSPS) is 11.1. The maximum absolute atomic E-state index is 11.1. The molecule has 0 rings (SSSR count). The molecule has 0 fully saturated rings. The zero-order valence-electron chi connectivity index (χ0n) is 9.13. The van der Waals surface area contributed by atoms with Gasteiger partial charge in [0.05, 0.1) is 6.61 Å². The van der Waals surface area contributed by atoms with Gasteiger partial charge in [0.25, 0.3) is 0 Å². The number of primary amides is 1. The van der Waals surface area contributed by atoms with Crippen LogP contribution in [-0.4, -0.2) is 18.5 Å². The van der Waals surface area contributed by atoms with E-state index in [0.717, 1.165) is 0 Å². The molecule has 0 aromatic carbocycles. The van der Waals surface area contributed by atoms with Crippen LogP contribution in [0, 0.1) is 5.41 Å². The quantitative estimate of drug-likeness (QED) is 0.680. The molecule has 0 aromatic rings. The number of rotatable bonds is 5. The Morgan fingerprint density at radius 2 is 1.79 bits per heavy atom. The van der Waals surface area contributed by atoms with Gasteiger partial charge in [-0.15, -0.1) is 0 Å². The van der Waals surface area contributed by atoms with Gasteiger partial charge in [-0.2, -0.15) is 0 Å². The highest BCUT2D eigenvalue weighted by molar-refractivity contribution is 5.75. The predicted molar refractivity (Wildman–Crippen MR) is 53.5 cm³/mol. The molecule has 0 unspecified atom stereocenters. The van der Waals surface area contributed by atoms with E-state index in [1.54, 1.807) is 0 Å². The highest BCUT2D eigenvalue weighted by Gasteiger charge is 2.13. The molecule has 14 heavy (non-hydrogen) atoms. The van der Waals surface area contributed by atoms with Gasteiger partial charge in [0.15, 0.2) is 0 Å². The molecule has 0 aliphatic rings. The van der Waals surface area contributed by atoms with Crippen molar-refractivity contribution < 1.29 is 14.3 Å². The molecule has 1 amide bonds. The molecule has 0 aliphatic heterocycles. The Bertz CT molecular complexity index is 206. The Kier molecular flexibility index (Phi) is 5.20. The second-order valence-electron chi connectivity index (χ2n) is 4.54. The van der Waals surface area contributed by atoms with Gasteiger partial charge >= 0.3 is 5.97 Å². The number of hydrogen-bond donors (Lipinski definition) is 1. The summed E-state index contributed by atoms with van der Waals surface area (Å²) in [5, 5.41) is 0. The summed E-state index contributed by atoms with van der Waals surface area (Å²) in [7, 11) is 0. The molecule has 2 N–H and O–H groups in total. The maximum atomic E-state index is 11.1. The van der Waals surface area contributed by atoms with Crippen molar-refractivity contribution in [1.29, 1.82) is 0 Å². The van der Waals surface area contributed by atoms with Crippen molar-refractivity contribution in [3.05, 3.63) is 0 Å². The van der Waals surface area contributed by atoms with Gasteiger partial charge in [-0.3, -0.25) is 9.59 Å². The fourth-order valence-corrected chi connectivity index (χ4v) is 0.776. The van der Waals surface area contributed by atoms with Crippen molar-refractivity contribution in [1.82, 2.24) is 0 Å². The van der Waals surface area contributed by atoms with E-state index in [1.807, 2.05) is 20.8 Å². The van der Waals surface area contributed by atoms with E-state index in [-0.39, 0.29) is 30.1 Å². The first-order valence-electron chi connectivity index (χ1n) is 4.75. The van der Waals surface area contributed by atoms with Crippen LogP contribution in [0.25, 0.3) is 0 Å². The third-order valence-corrected chi connectivity index (χ3v) is 1.47. The first-order chi connectivity index (χ1) is 6.31. The van der Waals surface area contributed by atoms with E-state index in [0.29, 0.717) is 13.0 Å². The molecule has 0 bridgehead atoms. The molecule has 0 saturated heterocycles. The van der Waals surface area contributed by atoms with Crippen molar-refractivity contribution in [3.63, 3.8) is 0 Å². The molecule has 0 radical (unpaired) electrons. The van der Waals surface area contributed by atoms with Gasteiger partial charge in [0, 0.05) is 12.8 Å². The van der Waals surface area contributed by atoms with Crippen molar-refractivity contribution in [2.75, 3.05) is 6.61 Å². The number of carbonyl (C=O) groups is 2. The lowest BCUT2D eigenvalue weighted by atomic mass is 9.99. The number of hydrogen-bond acceptors (Lipinski definition) is 3. The summed E-state index contributed by atoms with van der Waals surface area (Å²) in [4.78, 5) is 21.5. The van der Waals surface area contributed by atoms with E-state index in [2.05, 4.69) is 0 Å². The number of amides is 1. The van der Waals surface area contributed by atoms with E-state index in [9.17, 15) is 9.59 Å². The fourth-order valence-electron chi connectivity index (χ4n) is 0.776. The molecule has 0 aromatic heterocycles. The lowest BCUT2D eigenvalue weighted by molar-refractivity contribution is -0.146. The molecule has 4 heteroatoms. The SMILES string of the molecule is CC(C)(C)COC(=O)CCCC(N)=O. The summed E-state index contributed by atoms with van der Waals surface area (Å²) < 4.78 is 5.00. The minimum absolute atomic E-state index is 0.0145. The van der Waals surface area contributed by atoms with Crippen LogP contribution in [-0.2, 0) is 14.3 Å². The monoisotopic (exact) mass is 201 g/mol. The standard InChI is InChI=1S/C10H19NO3/c1-10(2,3)7-14-9(13)6-4-5-8(11)12/h4-7H2,1-3H3,(H2,11,12). The molecular weight excluding hydrogens is 182 g/mol. The number of ether oxygens (including phenoxy) is 1. The second-order valence-corrected chi connectivity index (χ2v) is 4.54. The lowest BCUT2D eigenvalue weighted by Crippen LogP contribution is -2.18. The molecule has 82 valence electrons. The summed E-state index contributed by atoms with van der Waals surface area (Å²) in [6, 6.07) is 0. The number of esters is 1. The van der Waals surface area contributed by atoms with Crippen LogP contribution in [0.2, 0.25) is 0 Å². The van der Waals surface area contributed by atoms with Gasteiger partial charge in [0.1, 0.15) is 0 Å². The number of nitrogens with two attached hydrogens (primary N) is 1. The first-order valence-corrected chi connectivity index (χ1v) is 4.75. The Balaban J connectivity index is 3.52. The summed E-state index contributed by atoms with van der Waals surface area (Å²) in [5.74, 6) is -0.644. The van der Waals surface area contributed by atoms with E-state index < -0.39 is 0 Å². The molecule has 0 saturated carbocycles. The van der Waals surface area contributed by atoms with Crippen LogP contribution in [0.4, 0.5) is 0 Å². The Morgan fingerprint density at radius 3 is 2.21 bits per heavy atom. The van der Waals surface area contributed by atoms with E-state index in [4.69, 9.17) is 10.5 Å². The molecule has 0 atom stereocenters. The summed E-state index contributed by atoms with van der Waals surface area (Å²) in [5.41, 5.74) is 4.92. The first kappa shape index (κ1) is 12.9. The Hall–Kier alpha value is -1.06. The van der Waals surface area contributed by atoms with Gasteiger partial charge < -0.3 is 10.5 Å². The van der Waals surface area contributed by atoms with E-state index in [1.165, 1.54) is 0 Å². The van der Waals surface area contributed by atoms with Gasteiger partial charge in [-0.05, 0) is 11.8 Å². The Morgan fingerprint density at radius 1 is 1.21 bits per heavy atom. The van der Waals surface area contributed by atoms with E-state index >= 15 is 0 Å². The second kappa shape index (κ2) is 5.62. The average Bonchev–Trinajstić information content (AvgIpc) is 1.99. The third-order valence-electron chi connectivity index (χ3n) is 1.47. The van der Waals surface area contributed by atoms with Crippen LogP contribution >= 0.6 is 0 Å². The molecule has 0 spiro atoms. The topological polar surface area (TPSA) is 69.4 Å². The largest absolute Gasteiger partial charge is 0.465 e. The minimum Gasteiger partial charge on any atom is -0.465 e. The lowest BCUT2D eigenvalue weighted by Gasteiger charge is -2.17. The highest BCUT2D eigenvalue weighted by atomic mass is 16.5.